The smallest absolute Gasteiger partial charge is 0.255 e. The molecule has 0 unspecified atom stereocenters. The van der Waals surface area contributed by atoms with Crippen LogP contribution in [0.5, 0.6) is 0 Å². The van der Waals surface area contributed by atoms with E-state index in [1.54, 1.807) is 17.0 Å². The van der Waals surface area contributed by atoms with Gasteiger partial charge in [-0.1, -0.05) is 24.4 Å². The zero-order chi connectivity index (χ0) is 15.5. The van der Waals surface area contributed by atoms with Crippen molar-refractivity contribution in [1.82, 2.24) is 14.8 Å². The van der Waals surface area contributed by atoms with Crippen LogP contribution < -0.4 is 0 Å². The third-order valence-electron chi connectivity index (χ3n) is 4.56. The Labute approximate surface area is 135 Å². The van der Waals surface area contributed by atoms with E-state index >= 15 is 0 Å². The second kappa shape index (κ2) is 6.65. The number of amides is 2. The van der Waals surface area contributed by atoms with Crippen LogP contribution in [0.1, 0.15) is 36.0 Å². The summed E-state index contributed by atoms with van der Waals surface area (Å²) in [7, 11) is 0. The van der Waals surface area contributed by atoms with Crippen molar-refractivity contribution in [3.63, 3.8) is 0 Å². The number of nitrogens with zero attached hydrogens (tertiary/aromatic N) is 3. The van der Waals surface area contributed by atoms with Crippen LogP contribution in [0, 0.1) is 5.92 Å². The fourth-order valence-corrected chi connectivity index (χ4v) is 3.36. The molecule has 0 N–H and O–H groups in total. The second-order valence-electron chi connectivity index (χ2n) is 5.97. The summed E-state index contributed by atoms with van der Waals surface area (Å²) in [6.07, 6.45) is 5.88. The Hall–Kier alpha value is -1.62. The van der Waals surface area contributed by atoms with E-state index in [9.17, 15) is 9.59 Å². The molecule has 2 amide bonds. The Morgan fingerprint density at radius 1 is 1.05 bits per heavy atom. The van der Waals surface area contributed by atoms with Gasteiger partial charge in [0.15, 0.2) is 0 Å². The molecule has 0 spiro atoms. The molecule has 1 saturated heterocycles. The third-order valence-corrected chi connectivity index (χ3v) is 4.78. The average molecular weight is 322 g/mol. The van der Waals surface area contributed by atoms with Gasteiger partial charge in [0.05, 0.1) is 5.56 Å². The number of rotatable bonds is 2. The summed E-state index contributed by atoms with van der Waals surface area (Å²) in [6.45, 7) is 2.42. The lowest BCUT2D eigenvalue weighted by molar-refractivity contribution is -0.136. The van der Waals surface area contributed by atoms with Crippen molar-refractivity contribution in [1.29, 1.82) is 0 Å². The van der Waals surface area contributed by atoms with Gasteiger partial charge in [-0.05, 0) is 25.0 Å². The summed E-state index contributed by atoms with van der Waals surface area (Å²) < 4.78 is 0. The van der Waals surface area contributed by atoms with Gasteiger partial charge in [0.2, 0.25) is 5.91 Å². The standard InChI is InChI=1S/C16H20ClN3O2/c17-14-6-5-13(11-18-14)16(22)20-9-7-19(8-10-20)15(21)12-3-1-2-4-12/h5-6,11-12H,1-4,7-10H2. The Morgan fingerprint density at radius 3 is 2.27 bits per heavy atom. The van der Waals surface area contributed by atoms with Gasteiger partial charge >= 0.3 is 0 Å². The van der Waals surface area contributed by atoms with E-state index in [1.165, 1.54) is 19.0 Å². The number of carbonyl (C=O) groups excluding carboxylic acids is 2. The zero-order valence-corrected chi connectivity index (χ0v) is 13.3. The van der Waals surface area contributed by atoms with E-state index in [-0.39, 0.29) is 17.7 Å². The lowest BCUT2D eigenvalue weighted by Gasteiger charge is -2.36. The van der Waals surface area contributed by atoms with Crippen molar-refractivity contribution in [3.05, 3.63) is 29.0 Å². The third kappa shape index (κ3) is 3.24. The topological polar surface area (TPSA) is 53.5 Å². The first-order chi connectivity index (χ1) is 10.6. The quantitative estimate of drug-likeness (QED) is 0.785. The molecule has 0 atom stereocenters. The lowest BCUT2D eigenvalue weighted by Crippen LogP contribution is -2.51. The summed E-state index contributed by atoms with van der Waals surface area (Å²) in [6, 6.07) is 3.31. The first-order valence-corrected chi connectivity index (χ1v) is 8.22. The van der Waals surface area contributed by atoms with Crippen molar-refractivity contribution in [2.75, 3.05) is 26.2 Å². The average Bonchev–Trinajstić information content (AvgIpc) is 3.09. The van der Waals surface area contributed by atoms with Crippen molar-refractivity contribution in [2.24, 2.45) is 5.92 Å². The monoisotopic (exact) mass is 321 g/mol. The van der Waals surface area contributed by atoms with Gasteiger partial charge < -0.3 is 9.80 Å². The van der Waals surface area contributed by atoms with Crippen LogP contribution in [-0.2, 0) is 4.79 Å². The number of hydrogen-bond donors (Lipinski definition) is 0. The van der Waals surface area contributed by atoms with Crippen LogP contribution in [0.15, 0.2) is 18.3 Å². The Bertz CT molecular complexity index is 547. The number of piperazine rings is 1. The van der Waals surface area contributed by atoms with E-state index in [2.05, 4.69) is 4.98 Å². The summed E-state index contributed by atoms with van der Waals surface area (Å²) in [5.41, 5.74) is 0.542. The molecular formula is C16H20ClN3O2. The second-order valence-corrected chi connectivity index (χ2v) is 6.36. The molecule has 5 nitrogen and oxygen atoms in total. The molecule has 3 rings (SSSR count). The van der Waals surface area contributed by atoms with E-state index in [0.29, 0.717) is 36.9 Å². The Balaban J connectivity index is 1.56. The molecule has 1 aliphatic carbocycles. The number of halogens is 1. The van der Waals surface area contributed by atoms with Gasteiger partial charge in [-0.2, -0.15) is 0 Å². The highest BCUT2D eigenvalue weighted by atomic mass is 35.5. The molecule has 118 valence electrons. The van der Waals surface area contributed by atoms with Crippen molar-refractivity contribution in [2.45, 2.75) is 25.7 Å². The molecule has 1 aromatic rings. The lowest BCUT2D eigenvalue weighted by atomic mass is 10.1. The van der Waals surface area contributed by atoms with Crippen LogP contribution in [0.4, 0.5) is 0 Å². The van der Waals surface area contributed by atoms with Crippen molar-refractivity contribution >= 4 is 23.4 Å². The van der Waals surface area contributed by atoms with Gasteiger partial charge in [-0.3, -0.25) is 9.59 Å². The molecule has 0 radical (unpaired) electrons. The minimum absolute atomic E-state index is 0.0443. The minimum Gasteiger partial charge on any atom is -0.339 e. The predicted molar refractivity (Wildman–Crippen MR) is 83.7 cm³/mol. The van der Waals surface area contributed by atoms with Crippen LogP contribution in [-0.4, -0.2) is 52.8 Å². The summed E-state index contributed by atoms with van der Waals surface area (Å²) in [5.74, 6) is 0.442. The van der Waals surface area contributed by atoms with Crippen LogP contribution in [0.25, 0.3) is 0 Å². The molecule has 1 aliphatic heterocycles. The van der Waals surface area contributed by atoms with Crippen molar-refractivity contribution < 1.29 is 9.59 Å². The van der Waals surface area contributed by atoms with Crippen LogP contribution >= 0.6 is 11.6 Å². The number of aromatic nitrogens is 1. The summed E-state index contributed by atoms with van der Waals surface area (Å²) >= 11 is 5.74. The van der Waals surface area contributed by atoms with Gasteiger partial charge in [0.1, 0.15) is 5.15 Å². The molecule has 22 heavy (non-hydrogen) atoms. The van der Waals surface area contributed by atoms with E-state index < -0.39 is 0 Å². The molecular weight excluding hydrogens is 302 g/mol. The maximum Gasteiger partial charge on any atom is 0.255 e. The Kier molecular flexibility index (Phi) is 4.62. The number of pyridine rings is 1. The molecule has 2 aliphatic rings. The molecule has 0 bridgehead atoms. The molecule has 6 heteroatoms. The molecule has 1 aromatic heterocycles. The highest BCUT2D eigenvalue weighted by molar-refractivity contribution is 6.29. The fourth-order valence-electron chi connectivity index (χ4n) is 3.25. The van der Waals surface area contributed by atoms with Gasteiger partial charge in [-0.15, -0.1) is 0 Å². The van der Waals surface area contributed by atoms with Gasteiger partial charge in [0, 0.05) is 38.3 Å². The normalized spacial score (nSPS) is 19.5. The van der Waals surface area contributed by atoms with Crippen molar-refractivity contribution in [3.8, 4) is 0 Å². The highest BCUT2D eigenvalue weighted by Crippen LogP contribution is 2.27. The van der Waals surface area contributed by atoms with Crippen LogP contribution in [0.2, 0.25) is 5.15 Å². The predicted octanol–water partition coefficient (Wildman–Crippen LogP) is 2.21. The van der Waals surface area contributed by atoms with Gasteiger partial charge in [-0.25, -0.2) is 4.98 Å². The molecule has 0 aromatic carbocycles. The SMILES string of the molecule is O=C(c1ccc(Cl)nc1)N1CCN(C(=O)C2CCCC2)CC1. The fraction of sp³-hybridized carbons (Fsp3) is 0.562. The van der Waals surface area contributed by atoms with Gasteiger partial charge in [0.25, 0.3) is 5.91 Å². The number of hydrogen-bond acceptors (Lipinski definition) is 3. The summed E-state index contributed by atoms with van der Waals surface area (Å²) in [5, 5.41) is 0.378. The maximum absolute atomic E-state index is 12.4. The highest BCUT2D eigenvalue weighted by Gasteiger charge is 2.30. The van der Waals surface area contributed by atoms with E-state index in [1.807, 2.05) is 4.90 Å². The van der Waals surface area contributed by atoms with Crippen LogP contribution in [0.3, 0.4) is 0 Å². The number of carbonyl (C=O) groups is 2. The van der Waals surface area contributed by atoms with E-state index in [0.717, 1.165) is 12.8 Å². The maximum atomic E-state index is 12.4. The molecule has 2 fully saturated rings. The minimum atomic E-state index is -0.0443. The first kappa shape index (κ1) is 15.3. The first-order valence-electron chi connectivity index (χ1n) is 7.85. The zero-order valence-electron chi connectivity index (χ0n) is 12.5. The van der Waals surface area contributed by atoms with E-state index in [4.69, 9.17) is 11.6 Å². The largest absolute Gasteiger partial charge is 0.339 e. The molecule has 2 heterocycles. The molecule has 1 saturated carbocycles. The Morgan fingerprint density at radius 2 is 1.68 bits per heavy atom. The summed E-state index contributed by atoms with van der Waals surface area (Å²) in [4.78, 5) is 32.4.